The molecule has 0 spiro atoms. The predicted molar refractivity (Wildman–Crippen MR) is 210 cm³/mol. The highest BCUT2D eigenvalue weighted by Gasteiger charge is 2.60. The SMILES string of the molecule is CC(C)(O/N=C(\C(=O)N[C@H]1CON(C2(C(=O)OC(c3ccccc3)c3ccccc3)CCC(=O)O2)C1=O)c1csc(NC(=O)CCl)n1)C(=O)OCc1ccc([N+](=O)[O-])cc1. The summed E-state index contributed by atoms with van der Waals surface area (Å²) in [5, 5.41) is 21.7. The second-order valence-electron chi connectivity index (χ2n) is 13.6. The molecule has 2 atom stereocenters. The number of carbonyl (C=O) groups excluding carboxylic acids is 6. The molecule has 0 saturated carbocycles. The van der Waals surface area contributed by atoms with Crippen LogP contribution in [0.15, 0.2) is 95.5 Å². The smallest absolute Gasteiger partial charge is 0.376 e. The van der Waals surface area contributed by atoms with E-state index in [1.54, 1.807) is 60.7 Å². The number of nitro groups is 1. The molecule has 2 aliphatic heterocycles. The number of nitrogens with one attached hydrogen (secondary N) is 2. The average Bonchev–Trinajstić information content (AvgIpc) is 3.98. The summed E-state index contributed by atoms with van der Waals surface area (Å²) in [7, 11) is 0. The number of thiazole rings is 1. The molecular formula is C39H35ClN6O13S. The van der Waals surface area contributed by atoms with Gasteiger partial charge < -0.3 is 29.7 Å². The number of cyclic esters (lactones) is 1. The summed E-state index contributed by atoms with van der Waals surface area (Å²) in [6.45, 7) is 1.79. The summed E-state index contributed by atoms with van der Waals surface area (Å²) < 4.78 is 16.8. The number of ether oxygens (including phenoxy) is 3. The lowest BCUT2D eigenvalue weighted by Gasteiger charge is -2.34. The first-order valence-electron chi connectivity index (χ1n) is 18.0. The number of anilines is 1. The zero-order valence-electron chi connectivity index (χ0n) is 31.7. The molecule has 4 aromatic rings. The number of alkyl halides is 1. The third kappa shape index (κ3) is 9.73. The van der Waals surface area contributed by atoms with Gasteiger partial charge in [0.1, 0.15) is 30.8 Å². The van der Waals surface area contributed by atoms with Gasteiger partial charge in [0.15, 0.2) is 16.9 Å². The Hall–Kier alpha value is -6.77. The van der Waals surface area contributed by atoms with Crippen LogP contribution < -0.4 is 10.6 Å². The largest absolute Gasteiger partial charge is 0.458 e. The van der Waals surface area contributed by atoms with Gasteiger partial charge in [0.25, 0.3) is 17.5 Å². The topological polar surface area (TPSA) is 244 Å². The normalized spacial score (nSPS) is 17.8. The number of hydrogen-bond donors (Lipinski definition) is 2. The maximum Gasteiger partial charge on any atom is 0.376 e. The summed E-state index contributed by atoms with van der Waals surface area (Å²) in [5.74, 6) is -5.86. The Labute approximate surface area is 349 Å². The molecule has 2 aliphatic rings. The third-order valence-corrected chi connectivity index (χ3v) is 9.90. The van der Waals surface area contributed by atoms with Crippen molar-refractivity contribution in [1.29, 1.82) is 0 Å². The van der Waals surface area contributed by atoms with E-state index < -0.39 is 76.3 Å². The van der Waals surface area contributed by atoms with Crippen molar-refractivity contribution in [1.82, 2.24) is 15.4 Å². The number of amides is 3. The molecule has 60 heavy (non-hydrogen) atoms. The molecule has 2 fully saturated rings. The summed E-state index contributed by atoms with van der Waals surface area (Å²) in [6.07, 6.45) is -1.55. The van der Waals surface area contributed by atoms with E-state index in [1.807, 2.05) is 0 Å². The molecule has 3 amide bonds. The van der Waals surface area contributed by atoms with Crippen molar-refractivity contribution in [2.75, 3.05) is 17.8 Å². The Kier molecular flexibility index (Phi) is 13.2. The van der Waals surface area contributed by atoms with Crippen LogP contribution in [0, 0.1) is 10.1 Å². The van der Waals surface area contributed by atoms with Crippen LogP contribution in [0.5, 0.6) is 0 Å². The fourth-order valence-electron chi connectivity index (χ4n) is 5.78. The Morgan fingerprint density at radius 2 is 1.70 bits per heavy atom. The minimum Gasteiger partial charge on any atom is -0.458 e. The third-order valence-electron chi connectivity index (χ3n) is 8.90. The Morgan fingerprint density at radius 3 is 2.28 bits per heavy atom. The fourth-order valence-corrected chi connectivity index (χ4v) is 6.56. The maximum absolute atomic E-state index is 14.1. The zero-order valence-corrected chi connectivity index (χ0v) is 33.3. The number of nitrogens with zero attached hydrogens (tertiary/aromatic N) is 4. The van der Waals surface area contributed by atoms with Crippen LogP contribution in [-0.2, 0) is 59.3 Å². The fraction of sp³-hybridized carbons (Fsp3) is 0.282. The van der Waals surface area contributed by atoms with Gasteiger partial charge in [0.2, 0.25) is 11.5 Å². The molecule has 2 N–H and O–H groups in total. The second kappa shape index (κ2) is 18.4. The van der Waals surface area contributed by atoms with Crippen molar-refractivity contribution < 1.29 is 57.6 Å². The van der Waals surface area contributed by atoms with Crippen LogP contribution in [-0.4, -0.2) is 86.2 Å². The van der Waals surface area contributed by atoms with Crippen LogP contribution >= 0.6 is 22.9 Å². The van der Waals surface area contributed by atoms with Gasteiger partial charge in [-0.3, -0.25) is 34.1 Å². The van der Waals surface area contributed by atoms with Crippen LogP contribution in [0.3, 0.4) is 0 Å². The summed E-state index contributed by atoms with van der Waals surface area (Å²) in [5.41, 5.74) is -3.42. The van der Waals surface area contributed by atoms with Crippen molar-refractivity contribution in [3.63, 3.8) is 0 Å². The van der Waals surface area contributed by atoms with Crippen molar-refractivity contribution in [3.8, 4) is 0 Å². The van der Waals surface area contributed by atoms with Gasteiger partial charge in [-0.1, -0.05) is 65.8 Å². The highest BCUT2D eigenvalue weighted by Crippen LogP contribution is 2.38. The second-order valence-corrected chi connectivity index (χ2v) is 14.7. The number of non-ortho nitro benzene ring substituents is 1. The number of hydroxylamine groups is 2. The minimum absolute atomic E-state index is 0.0252. The van der Waals surface area contributed by atoms with Crippen molar-refractivity contribution >= 4 is 75.1 Å². The van der Waals surface area contributed by atoms with E-state index in [-0.39, 0.29) is 41.8 Å². The predicted octanol–water partition coefficient (Wildman–Crippen LogP) is 4.10. The first-order valence-corrected chi connectivity index (χ1v) is 19.4. The van der Waals surface area contributed by atoms with Gasteiger partial charge in [-0.05, 0) is 42.7 Å². The molecule has 19 nitrogen and oxygen atoms in total. The number of benzene rings is 3. The molecule has 312 valence electrons. The number of halogens is 1. The number of nitro benzene ring substituents is 1. The van der Waals surface area contributed by atoms with E-state index in [1.165, 1.54) is 43.5 Å². The highest BCUT2D eigenvalue weighted by atomic mass is 35.5. The number of rotatable bonds is 16. The lowest BCUT2D eigenvalue weighted by Crippen LogP contribution is -2.57. The number of oxime groups is 1. The van der Waals surface area contributed by atoms with Crippen molar-refractivity contribution in [3.05, 3.63) is 123 Å². The summed E-state index contributed by atoms with van der Waals surface area (Å²) in [4.78, 5) is 105. The van der Waals surface area contributed by atoms with E-state index >= 15 is 0 Å². The number of carbonyl (C=O) groups is 6. The zero-order chi connectivity index (χ0) is 43.0. The van der Waals surface area contributed by atoms with Crippen molar-refractivity contribution in [2.24, 2.45) is 5.16 Å². The van der Waals surface area contributed by atoms with E-state index in [2.05, 4.69) is 20.8 Å². The average molecular weight is 863 g/mol. The number of aromatic nitrogens is 1. The van der Waals surface area contributed by atoms with Crippen LogP contribution in [0.4, 0.5) is 10.8 Å². The number of hydrogen-bond acceptors (Lipinski definition) is 16. The minimum atomic E-state index is -2.35. The summed E-state index contributed by atoms with van der Waals surface area (Å²) >= 11 is 6.50. The molecule has 21 heteroatoms. The monoisotopic (exact) mass is 862 g/mol. The number of esters is 3. The van der Waals surface area contributed by atoms with E-state index in [9.17, 15) is 38.9 Å². The first kappa shape index (κ1) is 42.8. The van der Waals surface area contributed by atoms with Gasteiger partial charge >= 0.3 is 23.6 Å². The Bertz CT molecular complexity index is 2270. The van der Waals surface area contributed by atoms with Crippen LogP contribution in [0.1, 0.15) is 55.2 Å². The molecular weight excluding hydrogens is 828 g/mol. The lowest BCUT2D eigenvalue weighted by atomic mass is 10.0. The quantitative estimate of drug-likeness (QED) is 0.0403. The maximum atomic E-state index is 14.1. The van der Waals surface area contributed by atoms with Crippen LogP contribution in [0.2, 0.25) is 0 Å². The molecule has 1 unspecified atom stereocenters. The lowest BCUT2D eigenvalue weighted by molar-refractivity contribution is -0.384. The molecule has 3 heterocycles. The van der Waals surface area contributed by atoms with Gasteiger partial charge in [-0.25, -0.2) is 14.6 Å². The standard InChI is InChI=1S/C39H35ClN6O13S/c1-38(2,35(51)55-20-23-13-15-26(16-14-23)46(53)54)59-44-31(28-22-60-37(42-28)43-29(47)19-40)33(49)41-27-21-56-45(34(27)50)39(18-17-30(48)58-39)36(52)57-32(24-9-5-3-6-10-24)25-11-7-4-8-12-25/h3-16,22,27,32H,17-21H2,1-2H3,(H,41,49)(H,42,43,47)/b44-31-/t27-,39?/m0/s1. The Morgan fingerprint density at radius 1 is 1.05 bits per heavy atom. The van der Waals surface area contributed by atoms with Gasteiger partial charge in [0, 0.05) is 23.9 Å². The highest BCUT2D eigenvalue weighted by molar-refractivity contribution is 7.14. The molecule has 6 rings (SSSR count). The van der Waals surface area contributed by atoms with Gasteiger partial charge in [-0.15, -0.1) is 22.9 Å². The summed E-state index contributed by atoms with van der Waals surface area (Å²) in [6, 6.07) is 21.4. The van der Waals surface area contributed by atoms with Crippen LogP contribution in [0.25, 0.3) is 0 Å². The van der Waals surface area contributed by atoms with Gasteiger partial charge in [-0.2, -0.15) is 5.06 Å². The molecule has 2 saturated heterocycles. The van der Waals surface area contributed by atoms with E-state index in [4.69, 9.17) is 35.5 Å². The van der Waals surface area contributed by atoms with E-state index in [0.717, 1.165) is 11.3 Å². The Balaban J connectivity index is 1.21. The first-order chi connectivity index (χ1) is 28.7. The molecule has 0 radical (unpaired) electrons. The molecule has 1 aromatic heterocycles. The molecule has 0 bridgehead atoms. The molecule has 0 aliphatic carbocycles. The van der Waals surface area contributed by atoms with Crippen molar-refractivity contribution in [2.45, 2.75) is 56.8 Å². The van der Waals surface area contributed by atoms with Gasteiger partial charge in [0.05, 0.1) is 11.3 Å². The molecule has 3 aromatic carbocycles. The van der Waals surface area contributed by atoms with E-state index in [0.29, 0.717) is 21.8 Å².